The van der Waals surface area contributed by atoms with Gasteiger partial charge in [-0.25, -0.2) is 4.79 Å². The van der Waals surface area contributed by atoms with Crippen LogP contribution in [0.2, 0.25) is 10.0 Å². The van der Waals surface area contributed by atoms with Crippen molar-refractivity contribution >= 4 is 29.2 Å². The van der Waals surface area contributed by atoms with Crippen LogP contribution in [0.4, 0.5) is 0 Å². The number of halogens is 2. The molecule has 8 heteroatoms. The molecule has 2 rings (SSSR count). The van der Waals surface area contributed by atoms with Crippen LogP contribution in [-0.2, 0) is 0 Å². The van der Waals surface area contributed by atoms with Crippen molar-refractivity contribution < 1.29 is 9.90 Å². The van der Waals surface area contributed by atoms with Crippen LogP contribution in [0.1, 0.15) is 35.9 Å². The van der Waals surface area contributed by atoms with Gasteiger partial charge in [0.05, 0.1) is 10.6 Å². The van der Waals surface area contributed by atoms with Crippen molar-refractivity contribution in [3.63, 3.8) is 0 Å². The molecule has 0 amide bonds. The summed E-state index contributed by atoms with van der Waals surface area (Å²) < 4.78 is 1.33. The van der Waals surface area contributed by atoms with Crippen LogP contribution in [0.5, 0.6) is 0 Å². The van der Waals surface area contributed by atoms with Gasteiger partial charge in [0.1, 0.15) is 5.69 Å². The molecule has 1 heterocycles. The zero-order valence-electron chi connectivity index (χ0n) is 10.1. The van der Waals surface area contributed by atoms with Gasteiger partial charge in [-0.1, -0.05) is 37.0 Å². The van der Waals surface area contributed by atoms with Crippen molar-refractivity contribution in [2.45, 2.75) is 19.8 Å². The zero-order chi connectivity index (χ0) is 14.2. The Morgan fingerprint density at radius 1 is 1.37 bits per heavy atom. The first-order valence-electron chi connectivity index (χ1n) is 5.42. The Morgan fingerprint density at radius 3 is 2.63 bits per heavy atom. The Hall–Kier alpha value is -1.66. The molecule has 0 saturated carbocycles. The van der Waals surface area contributed by atoms with E-state index in [1.54, 1.807) is 0 Å². The Bertz CT molecular complexity index is 640. The summed E-state index contributed by atoms with van der Waals surface area (Å²) in [5.74, 6) is -0.611. The number of nitrogens with zero attached hydrogens (tertiary/aromatic N) is 4. The van der Waals surface area contributed by atoms with E-state index in [2.05, 4.69) is 15.5 Å². The lowest BCUT2D eigenvalue weighted by Gasteiger charge is -2.11. The van der Waals surface area contributed by atoms with Gasteiger partial charge in [0.15, 0.2) is 5.82 Å². The number of aromatic nitrogens is 4. The van der Waals surface area contributed by atoms with E-state index in [4.69, 9.17) is 23.2 Å². The number of aromatic carboxylic acids is 1. The molecule has 1 aromatic carbocycles. The summed E-state index contributed by atoms with van der Waals surface area (Å²) in [4.78, 5) is 11.3. The van der Waals surface area contributed by atoms with E-state index in [0.717, 1.165) is 0 Å². The Balaban J connectivity index is 2.74. The molecular weight excluding hydrogens is 291 g/mol. The molecule has 0 radical (unpaired) electrons. The fraction of sp³-hybridized carbons (Fsp3) is 0.273. The van der Waals surface area contributed by atoms with Gasteiger partial charge in [0.2, 0.25) is 0 Å². The number of benzene rings is 1. The summed E-state index contributed by atoms with van der Waals surface area (Å²) >= 11 is 11.9. The van der Waals surface area contributed by atoms with Gasteiger partial charge < -0.3 is 5.11 Å². The summed E-state index contributed by atoms with van der Waals surface area (Å²) in [5.41, 5.74) is 0.166. The van der Waals surface area contributed by atoms with Crippen molar-refractivity contribution in [2.75, 3.05) is 0 Å². The fourth-order valence-corrected chi connectivity index (χ4v) is 2.23. The third-order valence-electron chi connectivity index (χ3n) is 2.48. The van der Waals surface area contributed by atoms with Gasteiger partial charge >= 0.3 is 5.97 Å². The maximum absolute atomic E-state index is 11.3. The minimum Gasteiger partial charge on any atom is -0.478 e. The average Bonchev–Trinajstić information content (AvgIpc) is 2.76. The molecule has 19 heavy (non-hydrogen) atoms. The standard InChI is InChI=1S/C11H10Cl2N4O2/c1-5(2)10-14-15-16-17(10)9-7(11(18)19)3-6(12)4-8(9)13/h3-5H,1-2H3,(H,18,19). The van der Waals surface area contributed by atoms with Crippen molar-refractivity contribution in [3.8, 4) is 5.69 Å². The lowest BCUT2D eigenvalue weighted by atomic mass is 10.1. The highest BCUT2D eigenvalue weighted by Crippen LogP contribution is 2.30. The Kier molecular flexibility index (Phi) is 3.73. The van der Waals surface area contributed by atoms with Gasteiger partial charge in [-0.05, 0) is 22.6 Å². The van der Waals surface area contributed by atoms with E-state index >= 15 is 0 Å². The summed E-state index contributed by atoms with van der Waals surface area (Å²) in [6, 6.07) is 2.77. The van der Waals surface area contributed by atoms with E-state index in [1.165, 1.54) is 16.8 Å². The quantitative estimate of drug-likeness (QED) is 0.942. The molecule has 0 saturated heterocycles. The fourth-order valence-electron chi connectivity index (χ4n) is 1.66. The van der Waals surface area contributed by atoms with E-state index in [0.29, 0.717) is 5.82 Å². The summed E-state index contributed by atoms with van der Waals surface area (Å²) in [6.45, 7) is 3.79. The van der Waals surface area contributed by atoms with Crippen molar-refractivity contribution in [3.05, 3.63) is 33.6 Å². The van der Waals surface area contributed by atoms with Crippen LogP contribution < -0.4 is 0 Å². The number of carboxylic acids is 1. The number of carbonyl (C=O) groups is 1. The first kappa shape index (κ1) is 13.8. The lowest BCUT2D eigenvalue weighted by molar-refractivity contribution is 0.0696. The van der Waals surface area contributed by atoms with Crippen LogP contribution in [0.15, 0.2) is 12.1 Å². The smallest absolute Gasteiger partial charge is 0.338 e. The molecule has 6 nitrogen and oxygen atoms in total. The predicted octanol–water partition coefficient (Wildman–Crippen LogP) is 2.79. The number of hydrogen-bond donors (Lipinski definition) is 1. The summed E-state index contributed by atoms with van der Waals surface area (Å²) in [7, 11) is 0. The molecule has 1 aromatic heterocycles. The number of rotatable bonds is 3. The van der Waals surface area contributed by atoms with Crippen LogP contribution in [-0.4, -0.2) is 31.3 Å². The molecule has 0 aliphatic carbocycles. The van der Waals surface area contributed by atoms with Gasteiger partial charge in [-0.3, -0.25) is 0 Å². The first-order chi connectivity index (χ1) is 8.91. The topological polar surface area (TPSA) is 80.9 Å². The van der Waals surface area contributed by atoms with Crippen LogP contribution >= 0.6 is 23.2 Å². The average molecular weight is 301 g/mol. The largest absolute Gasteiger partial charge is 0.478 e. The van der Waals surface area contributed by atoms with Crippen LogP contribution in [0.25, 0.3) is 5.69 Å². The second-order valence-corrected chi connectivity index (χ2v) is 5.04. The highest BCUT2D eigenvalue weighted by molar-refractivity contribution is 6.36. The number of tetrazole rings is 1. The van der Waals surface area contributed by atoms with Gasteiger partial charge in [-0.2, -0.15) is 4.68 Å². The SMILES string of the molecule is CC(C)c1nnnn1-c1c(Cl)cc(Cl)cc1C(=O)O. The van der Waals surface area contributed by atoms with E-state index in [9.17, 15) is 9.90 Å². The van der Waals surface area contributed by atoms with Gasteiger partial charge in [0.25, 0.3) is 0 Å². The molecule has 0 atom stereocenters. The number of carboxylic acid groups (broad SMARTS) is 1. The predicted molar refractivity (Wildman–Crippen MR) is 70.2 cm³/mol. The van der Waals surface area contributed by atoms with Gasteiger partial charge in [0, 0.05) is 10.9 Å². The second kappa shape index (κ2) is 5.14. The Morgan fingerprint density at radius 2 is 2.05 bits per heavy atom. The highest BCUT2D eigenvalue weighted by atomic mass is 35.5. The van der Waals surface area contributed by atoms with E-state index < -0.39 is 5.97 Å². The first-order valence-corrected chi connectivity index (χ1v) is 6.18. The summed E-state index contributed by atoms with van der Waals surface area (Å²) in [5, 5.41) is 20.9. The van der Waals surface area contributed by atoms with Crippen molar-refractivity contribution in [1.82, 2.24) is 20.2 Å². The maximum Gasteiger partial charge on any atom is 0.338 e. The van der Waals surface area contributed by atoms with Gasteiger partial charge in [-0.15, -0.1) is 5.10 Å². The normalized spacial score (nSPS) is 11.0. The Labute approximate surface area is 118 Å². The zero-order valence-corrected chi connectivity index (χ0v) is 11.6. The molecule has 0 aliphatic heterocycles. The molecule has 1 N–H and O–H groups in total. The van der Waals surface area contributed by atoms with Crippen molar-refractivity contribution in [2.24, 2.45) is 0 Å². The molecule has 2 aromatic rings. The van der Waals surface area contributed by atoms with Crippen molar-refractivity contribution in [1.29, 1.82) is 0 Å². The minimum atomic E-state index is -1.15. The molecule has 0 unspecified atom stereocenters. The summed E-state index contributed by atoms with van der Waals surface area (Å²) in [6.07, 6.45) is 0. The van der Waals surface area contributed by atoms with E-state index in [1.807, 2.05) is 13.8 Å². The third-order valence-corrected chi connectivity index (χ3v) is 2.99. The maximum atomic E-state index is 11.3. The highest BCUT2D eigenvalue weighted by Gasteiger charge is 2.21. The molecule has 0 aliphatic rings. The minimum absolute atomic E-state index is 0.0170. The molecule has 100 valence electrons. The number of hydrogen-bond acceptors (Lipinski definition) is 4. The van der Waals surface area contributed by atoms with Crippen LogP contribution in [0, 0.1) is 0 Å². The molecule has 0 spiro atoms. The third kappa shape index (κ3) is 2.54. The van der Waals surface area contributed by atoms with Crippen LogP contribution in [0.3, 0.4) is 0 Å². The van der Waals surface area contributed by atoms with E-state index in [-0.39, 0.29) is 27.2 Å². The monoisotopic (exact) mass is 300 g/mol. The second-order valence-electron chi connectivity index (χ2n) is 4.19. The molecule has 0 bridgehead atoms. The molecule has 0 fully saturated rings. The lowest BCUT2D eigenvalue weighted by Crippen LogP contribution is -2.11. The molecular formula is C11H10Cl2N4O2.